The minimum atomic E-state index is -0.500. The van der Waals surface area contributed by atoms with E-state index < -0.39 is 5.41 Å². The van der Waals surface area contributed by atoms with Gasteiger partial charge in [-0.3, -0.25) is 4.79 Å². The summed E-state index contributed by atoms with van der Waals surface area (Å²) in [6.07, 6.45) is 2.50. The number of rotatable bonds is 3. The van der Waals surface area contributed by atoms with E-state index in [1.165, 1.54) is 11.1 Å². The molecule has 0 saturated carbocycles. The van der Waals surface area contributed by atoms with Crippen LogP contribution in [0, 0.1) is 5.41 Å². The molecular formula is C20H26N6O. The second-order valence-electron chi connectivity index (χ2n) is 7.87. The van der Waals surface area contributed by atoms with Gasteiger partial charge in [0.2, 0.25) is 11.9 Å². The number of hydrogen-bond acceptors (Lipinski definition) is 5. The van der Waals surface area contributed by atoms with Gasteiger partial charge >= 0.3 is 0 Å². The smallest absolute Gasteiger partial charge is 0.233 e. The third-order valence-corrected chi connectivity index (χ3v) is 5.80. The molecule has 4 rings (SSSR count). The van der Waals surface area contributed by atoms with Crippen LogP contribution in [-0.4, -0.2) is 32.0 Å². The molecule has 1 aliphatic carbocycles. The summed E-state index contributed by atoms with van der Waals surface area (Å²) in [6.45, 7) is 13.6. The van der Waals surface area contributed by atoms with Crippen molar-refractivity contribution in [2.24, 2.45) is 5.41 Å². The van der Waals surface area contributed by atoms with Gasteiger partial charge in [0, 0.05) is 13.1 Å². The third-order valence-electron chi connectivity index (χ3n) is 5.80. The van der Waals surface area contributed by atoms with Gasteiger partial charge in [-0.25, -0.2) is 4.98 Å². The maximum atomic E-state index is 13.3. The zero-order valence-electron chi connectivity index (χ0n) is 16.4. The molecule has 2 aromatic heterocycles. The highest BCUT2D eigenvalue weighted by Gasteiger charge is 2.44. The summed E-state index contributed by atoms with van der Waals surface area (Å²) in [5.41, 5.74) is 4.41. The van der Waals surface area contributed by atoms with Crippen LogP contribution >= 0.6 is 0 Å². The van der Waals surface area contributed by atoms with Gasteiger partial charge in [-0.1, -0.05) is 17.7 Å². The van der Waals surface area contributed by atoms with Crippen molar-refractivity contribution in [2.45, 2.75) is 53.5 Å². The van der Waals surface area contributed by atoms with Crippen LogP contribution in [0.15, 0.2) is 17.7 Å². The molecule has 0 aromatic carbocycles. The van der Waals surface area contributed by atoms with Gasteiger partial charge in [0.25, 0.3) is 0 Å². The van der Waals surface area contributed by atoms with Gasteiger partial charge < -0.3 is 15.2 Å². The van der Waals surface area contributed by atoms with E-state index in [1.807, 2.05) is 13.8 Å². The lowest BCUT2D eigenvalue weighted by Gasteiger charge is -2.36. The minimum absolute atomic E-state index is 0.0353. The van der Waals surface area contributed by atoms with Crippen LogP contribution in [0.1, 0.15) is 52.8 Å². The van der Waals surface area contributed by atoms with Crippen molar-refractivity contribution in [3.8, 4) is 0 Å². The monoisotopic (exact) mass is 366 g/mol. The fourth-order valence-corrected chi connectivity index (χ4v) is 4.17. The molecule has 2 aromatic rings. The van der Waals surface area contributed by atoms with E-state index in [0.29, 0.717) is 30.5 Å². The molecule has 0 bridgehead atoms. The molecule has 2 N–H and O–H groups in total. The van der Waals surface area contributed by atoms with E-state index in [9.17, 15) is 4.79 Å². The minimum Gasteiger partial charge on any atom is -0.354 e. The topological polar surface area (TPSA) is 84.7 Å². The summed E-state index contributed by atoms with van der Waals surface area (Å²) in [5.74, 6) is 1.81. The maximum absolute atomic E-state index is 13.3. The summed E-state index contributed by atoms with van der Waals surface area (Å²) >= 11 is 0. The van der Waals surface area contributed by atoms with E-state index in [-0.39, 0.29) is 5.91 Å². The summed E-state index contributed by atoms with van der Waals surface area (Å²) in [5, 5.41) is 6.21. The fraction of sp³-hybridized carbons (Fsp3) is 0.500. The molecule has 1 amide bonds. The molecule has 3 heterocycles. The number of aromatic nitrogens is 4. The second kappa shape index (κ2) is 6.18. The number of allylic oxidation sites excluding steroid dienone is 3. The summed E-state index contributed by atoms with van der Waals surface area (Å²) in [4.78, 5) is 27.1. The van der Waals surface area contributed by atoms with Crippen molar-refractivity contribution in [1.29, 1.82) is 0 Å². The Hall–Kier alpha value is -2.70. The van der Waals surface area contributed by atoms with Gasteiger partial charge in [0.15, 0.2) is 11.5 Å². The molecule has 7 heteroatoms. The van der Waals surface area contributed by atoms with E-state index in [4.69, 9.17) is 4.98 Å². The Kier molecular flexibility index (Phi) is 4.05. The summed E-state index contributed by atoms with van der Waals surface area (Å²) in [6, 6.07) is 0. The maximum Gasteiger partial charge on any atom is 0.233 e. The largest absolute Gasteiger partial charge is 0.354 e. The standard InChI is InChI=1S/C20H26N6O/c1-6-21-19-24-15-14-16(25-19)23-18(27)20(8-7-12(4)13(5)9-20)10-26(14)17(22-15)11(2)3/h2,6-10H2,1,3-5H3,(H2,21,23,24,25,27). The highest BCUT2D eigenvalue weighted by atomic mass is 16.2. The van der Waals surface area contributed by atoms with Crippen molar-refractivity contribution in [3.05, 3.63) is 23.5 Å². The highest BCUT2D eigenvalue weighted by Crippen LogP contribution is 2.44. The third kappa shape index (κ3) is 2.72. The predicted octanol–water partition coefficient (Wildman–Crippen LogP) is 3.75. The quantitative estimate of drug-likeness (QED) is 0.808. The number of carbonyl (C=O) groups excluding carboxylic acids is 1. The highest BCUT2D eigenvalue weighted by molar-refractivity contribution is 6.02. The van der Waals surface area contributed by atoms with Crippen molar-refractivity contribution >= 4 is 34.4 Å². The molecule has 1 atom stereocenters. The van der Waals surface area contributed by atoms with Gasteiger partial charge in [0.05, 0.1) is 5.41 Å². The van der Waals surface area contributed by atoms with Crippen LogP contribution in [0.4, 0.5) is 11.8 Å². The van der Waals surface area contributed by atoms with Crippen LogP contribution < -0.4 is 10.6 Å². The van der Waals surface area contributed by atoms with Crippen LogP contribution in [0.5, 0.6) is 0 Å². The molecule has 27 heavy (non-hydrogen) atoms. The van der Waals surface area contributed by atoms with E-state index in [0.717, 1.165) is 36.2 Å². The fourth-order valence-electron chi connectivity index (χ4n) is 4.17. The number of amides is 1. The Balaban J connectivity index is 1.92. The number of nitrogens with one attached hydrogen (secondary N) is 2. The molecule has 0 saturated heterocycles. The molecule has 1 unspecified atom stereocenters. The Labute approximate surface area is 159 Å². The van der Waals surface area contributed by atoms with Crippen LogP contribution in [-0.2, 0) is 11.3 Å². The van der Waals surface area contributed by atoms with Crippen molar-refractivity contribution < 1.29 is 4.79 Å². The molecule has 142 valence electrons. The van der Waals surface area contributed by atoms with Gasteiger partial charge in [-0.05, 0) is 52.5 Å². The lowest BCUT2D eigenvalue weighted by Crippen LogP contribution is -2.40. The zero-order valence-corrected chi connectivity index (χ0v) is 16.4. The first-order chi connectivity index (χ1) is 12.8. The zero-order chi connectivity index (χ0) is 19.3. The van der Waals surface area contributed by atoms with Gasteiger partial charge in [-0.2, -0.15) is 9.97 Å². The van der Waals surface area contributed by atoms with Crippen molar-refractivity contribution in [3.63, 3.8) is 0 Å². The number of nitrogens with zero attached hydrogens (tertiary/aromatic N) is 4. The second-order valence-corrected chi connectivity index (χ2v) is 7.87. The van der Waals surface area contributed by atoms with Crippen LogP contribution in [0.2, 0.25) is 0 Å². The Morgan fingerprint density at radius 2 is 2.07 bits per heavy atom. The van der Waals surface area contributed by atoms with Crippen LogP contribution in [0.3, 0.4) is 0 Å². The molecule has 2 aliphatic rings. The predicted molar refractivity (Wildman–Crippen MR) is 107 cm³/mol. The van der Waals surface area contributed by atoms with Crippen molar-refractivity contribution in [1.82, 2.24) is 19.5 Å². The lowest BCUT2D eigenvalue weighted by atomic mass is 9.71. The lowest BCUT2D eigenvalue weighted by molar-refractivity contribution is -0.127. The average molecular weight is 366 g/mol. The summed E-state index contributed by atoms with van der Waals surface area (Å²) in [7, 11) is 0. The summed E-state index contributed by atoms with van der Waals surface area (Å²) < 4.78 is 2.09. The number of anilines is 2. The Morgan fingerprint density at radius 1 is 1.30 bits per heavy atom. The van der Waals surface area contributed by atoms with Crippen LogP contribution in [0.25, 0.3) is 16.7 Å². The average Bonchev–Trinajstić information content (AvgIpc) is 2.91. The first-order valence-corrected chi connectivity index (χ1v) is 9.49. The molecule has 7 nitrogen and oxygen atoms in total. The Bertz CT molecular complexity index is 1000. The van der Waals surface area contributed by atoms with Gasteiger partial charge in [-0.15, -0.1) is 0 Å². The molecule has 0 radical (unpaired) electrons. The molecule has 1 spiro atoms. The van der Waals surface area contributed by atoms with Gasteiger partial charge in [0.1, 0.15) is 11.3 Å². The molecular weight excluding hydrogens is 340 g/mol. The first-order valence-electron chi connectivity index (χ1n) is 9.49. The Morgan fingerprint density at radius 3 is 2.74 bits per heavy atom. The SMILES string of the molecule is C=C(C)c1nc2nc(NCC)nc3c2n1CC1(CCC(C)=C(C)C1)C(=O)N3. The number of carbonyl (C=O) groups is 1. The van der Waals surface area contributed by atoms with E-state index in [2.05, 4.69) is 45.6 Å². The molecule has 0 fully saturated rings. The van der Waals surface area contributed by atoms with Crippen molar-refractivity contribution in [2.75, 3.05) is 17.2 Å². The number of imidazole rings is 1. The number of hydrogen-bond donors (Lipinski definition) is 2. The van der Waals surface area contributed by atoms with E-state index in [1.54, 1.807) is 0 Å². The van der Waals surface area contributed by atoms with E-state index >= 15 is 0 Å². The normalized spacial score (nSPS) is 22.1. The first kappa shape index (κ1) is 17.7. The molecule has 1 aliphatic heterocycles.